The third-order valence-electron chi connectivity index (χ3n) is 4.78. The Kier molecular flexibility index (Phi) is 6.59. The summed E-state index contributed by atoms with van der Waals surface area (Å²) in [5.41, 5.74) is 0.545. The predicted molar refractivity (Wildman–Crippen MR) is 109 cm³/mol. The normalized spacial score (nSPS) is 17.9. The van der Waals surface area contributed by atoms with E-state index >= 15 is 0 Å². The molecule has 3 rings (SSSR count). The lowest BCUT2D eigenvalue weighted by Gasteiger charge is -2.34. The van der Waals surface area contributed by atoms with Crippen LogP contribution in [0.1, 0.15) is 25.7 Å². The van der Waals surface area contributed by atoms with E-state index in [1.54, 1.807) is 48.5 Å². The largest absolute Gasteiger partial charge is 0.495 e. The summed E-state index contributed by atoms with van der Waals surface area (Å²) in [6.07, 6.45) is 2.43. The maximum absolute atomic E-state index is 13.0. The lowest BCUT2D eigenvalue weighted by atomic mass is 10.0. The number of nitrogens with zero attached hydrogens (tertiary/aromatic N) is 1. The van der Waals surface area contributed by atoms with Gasteiger partial charge in [-0.2, -0.15) is 4.31 Å². The predicted octanol–water partition coefficient (Wildman–Crippen LogP) is 3.92. The molecule has 6 nitrogen and oxygen atoms in total. The number of ether oxygens (including phenoxy) is 1. The number of carbonyl (C=O) groups excluding carboxylic acids is 1. The standard InChI is InChI=1S/C20H23ClN2O4S/c1-27-19-11-10-15(13-18(19)21)22-20(24)14-16-7-5-6-12-23(16)28(25,26)17-8-3-2-4-9-17/h2-4,8-11,13,16H,5-7,12,14H2,1H3,(H,22,24)/t16-/m0/s1. The van der Waals surface area contributed by atoms with Crippen LogP contribution in [-0.4, -0.2) is 38.3 Å². The number of halogens is 1. The van der Waals surface area contributed by atoms with E-state index in [4.69, 9.17) is 16.3 Å². The fourth-order valence-corrected chi connectivity index (χ4v) is 5.36. The van der Waals surface area contributed by atoms with Crippen molar-refractivity contribution in [3.8, 4) is 5.75 Å². The highest BCUT2D eigenvalue weighted by molar-refractivity contribution is 7.89. The molecule has 0 spiro atoms. The molecule has 1 heterocycles. The zero-order valence-electron chi connectivity index (χ0n) is 15.6. The quantitative estimate of drug-likeness (QED) is 0.765. The van der Waals surface area contributed by atoms with E-state index in [9.17, 15) is 13.2 Å². The smallest absolute Gasteiger partial charge is 0.243 e. The summed E-state index contributed by atoms with van der Waals surface area (Å²) in [4.78, 5) is 12.8. The average Bonchev–Trinajstić information content (AvgIpc) is 2.69. The van der Waals surface area contributed by atoms with Gasteiger partial charge in [0.15, 0.2) is 0 Å². The van der Waals surface area contributed by atoms with Gasteiger partial charge in [-0.1, -0.05) is 36.2 Å². The van der Waals surface area contributed by atoms with E-state index in [-0.39, 0.29) is 23.3 Å². The minimum atomic E-state index is -3.63. The molecule has 28 heavy (non-hydrogen) atoms. The molecule has 1 N–H and O–H groups in total. The Balaban J connectivity index is 1.72. The van der Waals surface area contributed by atoms with Gasteiger partial charge in [-0.3, -0.25) is 4.79 Å². The number of carbonyl (C=O) groups is 1. The molecule has 0 aliphatic carbocycles. The highest BCUT2D eigenvalue weighted by Crippen LogP contribution is 2.29. The van der Waals surface area contributed by atoms with Gasteiger partial charge in [-0.05, 0) is 43.2 Å². The van der Waals surface area contributed by atoms with Crippen LogP contribution in [0.25, 0.3) is 0 Å². The topological polar surface area (TPSA) is 75.7 Å². The minimum Gasteiger partial charge on any atom is -0.495 e. The number of anilines is 1. The van der Waals surface area contributed by atoms with Gasteiger partial charge in [-0.15, -0.1) is 0 Å². The second-order valence-electron chi connectivity index (χ2n) is 6.68. The molecule has 2 aromatic carbocycles. The van der Waals surface area contributed by atoms with Crippen LogP contribution in [0.2, 0.25) is 5.02 Å². The third kappa shape index (κ3) is 4.66. The monoisotopic (exact) mass is 422 g/mol. The minimum absolute atomic E-state index is 0.0930. The fraction of sp³-hybridized carbons (Fsp3) is 0.350. The van der Waals surface area contributed by atoms with Crippen molar-refractivity contribution < 1.29 is 17.9 Å². The van der Waals surface area contributed by atoms with Gasteiger partial charge in [0.2, 0.25) is 15.9 Å². The Labute approximate surface area is 170 Å². The van der Waals surface area contributed by atoms with Crippen molar-refractivity contribution in [3.05, 3.63) is 53.6 Å². The van der Waals surface area contributed by atoms with E-state index < -0.39 is 10.0 Å². The Morgan fingerprint density at radius 2 is 1.96 bits per heavy atom. The Hall–Kier alpha value is -2.09. The van der Waals surface area contributed by atoms with Crippen molar-refractivity contribution in [2.75, 3.05) is 19.0 Å². The van der Waals surface area contributed by atoms with E-state index in [0.29, 0.717) is 29.4 Å². The number of piperidine rings is 1. The van der Waals surface area contributed by atoms with E-state index in [0.717, 1.165) is 12.8 Å². The van der Waals surface area contributed by atoms with Crippen molar-refractivity contribution in [3.63, 3.8) is 0 Å². The fourth-order valence-electron chi connectivity index (χ4n) is 3.39. The van der Waals surface area contributed by atoms with Gasteiger partial charge in [0.1, 0.15) is 5.75 Å². The molecule has 2 aromatic rings. The highest BCUT2D eigenvalue weighted by atomic mass is 35.5. The maximum atomic E-state index is 13.0. The number of rotatable bonds is 6. The molecule has 0 radical (unpaired) electrons. The van der Waals surface area contributed by atoms with Gasteiger partial charge in [0, 0.05) is 24.7 Å². The van der Waals surface area contributed by atoms with Crippen molar-refractivity contribution in [2.24, 2.45) is 0 Å². The number of nitrogens with one attached hydrogen (secondary N) is 1. The summed E-state index contributed by atoms with van der Waals surface area (Å²) in [7, 11) is -2.11. The van der Waals surface area contributed by atoms with Crippen LogP contribution >= 0.6 is 11.6 Å². The number of hydrogen-bond acceptors (Lipinski definition) is 4. The van der Waals surface area contributed by atoms with Gasteiger partial charge < -0.3 is 10.1 Å². The molecule has 1 aliphatic heterocycles. The van der Waals surface area contributed by atoms with Gasteiger partial charge in [-0.25, -0.2) is 8.42 Å². The summed E-state index contributed by atoms with van der Waals surface area (Å²) in [6.45, 7) is 0.420. The van der Waals surface area contributed by atoms with E-state index in [1.165, 1.54) is 11.4 Å². The zero-order chi connectivity index (χ0) is 20.1. The first kappa shape index (κ1) is 20.6. The molecular formula is C20H23ClN2O4S. The SMILES string of the molecule is COc1ccc(NC(=O)C[C@@H]2CCCCN2S(=O)(=O)c2ccccc2)cc1Cl. The van der Waals surface area contributed by atoms with Crippen molar-refractivity contribution in [2.45, 2.75) is 36.6 Å². The summed E-state index contributed by atoms with van der Waals surface area (Å²) >= 11 is 6.09. The molecule has 0 bridgehead atoms. The third-order valence-corrected chi connectivity index (χ3v) is 7.04. The molecule has 8 heteroatoms. The van der Waals surface area contributed by atoms with Crippen LogP contribution < -0.4 is 10.1 Å². The van der Waals surface area contributed by atoms with Crippen molar-refractivity contribution >= 4 is 33.2 Å². The molecular weight excluding hydrogens is 400 g/mol. The van der Waals surface area contributed by atoms with Crippen LogP contribution in [0.4, 0.5) is 5.69 Å². The maximum Gasteiger partial charge on any atom is 0.243 e. The summed E-state index contributed by atoms with van der Waals surface area (Å²) in [6, 6.07) is 13.0. The van der Waals surface area contributed by atoms with Gasteiger partial charge in [0.05, 0.1) is 17.0 Å². The Morgan fingerprint density at radius 3 is 2.64 bits per heavy atom. The molecule has 0 aromatic heterocycles. The molecule has 1 saturated heterocycles. The van der Waals surface area contributed by atoms with E-state index in [1.807, 2.05) is 0 Å². The summed E-state index contributed by atoms with van der Waals surface area (Å²) < 4.78 is 32.6. The van der Waals surface area contributed by atoms with Crippen molar-refractivity contribution in [1.82, 2.24) is 4.31 Å². The Morgan fingerprint density at radius 1 is 1.21 bits per heavy atom. The first-order valence-corrected chi connectivity index (χ1v) is 10.9. The van der Waals surface area contributed by atoms with Gasteiger partial charge >= 0.3 is 0 Å². The molecule has 1 amide bonds. The Bertz CT molecular complexity index is 934. The van der Waals surface area contributed by atoms with Crippen LogP contribution in [0.15, 0.2) is 53.4 Å². The van der Waals surface area contributed by atoms with Crippen LogP contribution in [0.5, 0.6) is 5.75 Å². The van der Waals surface area contributed by atoms with Crippen LogP contribution in [0.3, 0.4) is 0 Å². The number of benzene rings is 2. The van der Waals surface area contributed by atoms with E-state index in [2.05, 4.69) is 5.32 Å². The lowest BCUT2D eigenvalue weighted by Crippen LogP contribution is -2.45. The number of methoxy groups -OCH3 is 1. The number of hydrogen-bond donors (Lipinski definition) is 1. The van der Waals surface area contributed by atoms with Crippen LogP contribution in [0, 0.1) is 0 Å². The molecule has 1 fully saturated rings. The molecule has 1 atom stereocenters. The molecule has 1 aliphatic rings. The average molecular weight is 423 g/mol. The highest BCUT2D eigenvalue weighted by Gasteiger charge is 2.34. The van der Waals surface area contributed by atoms with Gasteiger partial charge in [0.25, 0.3) is 0 Å². The summed E-state index contributed by atoms with van der Waals surface area (Å²) in [5.74, 6) is 0.272. The second-order valence-corrected chi connectivity index (χ2v) is 8.98. The first-order chi connectivity index (χ1) is 13.4. The number of amides is 1. The first-order valence-electron chi connectivity index (χ1n) is 9.12. The summed E-state index contributed by atoms with van der Waals surface area (Å²) in [5, 5.41) is 3.19. The van der Waals surface area contributed by atoms with Crippen molar-refractivity contribution in [1.29, 1.82) is 0 Å². The molecule has 150 valence electrons. The van der Waals surface area contributed by atoms with Crippen LogP contribution in [-0.2, 0) is 14.8 Å². The molecule has 0 saturated carbocycles. The second kappa shape index (κ2) is 8.94. The number of sulfonamides is 1. The molecule has 0 unspecified atom stereocenters. The lowest BCUT2D eigenvalue weighted by molar-refractivity contribution is -0.117. The zero-order valence-corrected chi connectivity index (χ0v) is 17.2.